The number of carbonyl (C=O) groups excluding carboxylic acids is 1. The van der Waals surface area contributed by atoms with Gasteiger partial charge in [0, 0.05) is 13.1 Å². The van der Waals surface area contributed by atoms with E-state index in [2.05, 4.69) is 0 Å². The van der Waals surface area contributed by atoms with Crippen molar-refractivity contribution in [1.29, 1.82) is 0 Å². The van der Waals surface area contributed by atoms with Crippen molar-refractivity contribution >= 4 is 5.91 Å². The van der Waals surface area contributed by atoms with Crippen molar-refractivity contribution in [3.8, 4) is 5.75 Å². The van der Waals surface area contributed by atoms with Gasteiger partial charge in [-0.1, -0.05) is 6.07 Å². The van der Waals surface area contributed by atoms with E-state index in [1.54, 1.807) is 11.0 Å². The van der Waals surface area contributed by atoms with Gasteiger partial charge in [0.2, 0.25) is 0 Å². The molecular formula is C18H24FNO3. The Labute approximate surface area is 135 Å². The molecule has 0 spiro atoms. The summed E-state index contributed by atoms with van der Waals surface area (Å²) in [7, 11) is 0. The van der Waals surface area contributed by atoms with Crippen LogP contribution in [-0.2, 0) is 6.54 Å². The van der Waals surface area contributed by atoms with Gasteiger partial charge in [0.15, 0.2) is 11.6 Å². The van der Waals surface area contributed by atoms with Gasteiger partial charge in [-0.2, -0.15) is 0 Å². The molecule has 4 nitrogen and oxygen atoms in total. The molecule has 5 heteroatoms. The molecule has 0 bridgehead atoms. The highest BCUT2D eigenvalue weighted by Gasteiger charge is 2.36. The molecule has 2 N–H and O–H groups in total. The molecule has 0 aromatic heterocycles. The lowest BCUT2D eigenvalue weighted by Gasteiger charge is -2.36. The molecule has 1 heterocycles. The molecule has 1 aromatic carbocycles. The molecule has 3 rings (SSSR count). The Morgan fingerprint density at radius 2 is 1.91 bits per heavy atom. The van der Waals surface area contributed by atoms with Crippen molar-refractivity contribution in [3.63, 3.8) is 0 Å². The van der Waals surface area contributed by atoms with E-state index in [-0.39, 0.29) is 11.5 Å². The molecule has 0 atom stereocenters. The highest BCUT2D eigenvalue weighted by atomic mass is 19.1. The Bertz CT molecular complexity index is 615. The molecule has 1 amide bonds. The molecule has 0 unspecified atom stereocenters. The summed E-state index contributed by atoms with van der Waals surface area (Å²) >= 11 is 0. The van der Waals surface area contributed by atoms with Gasteiger partial charge in [0.1, 0.15) is 0 Å². The number of nitrogens with zero attached hydrogens (tertiary/aromatic N) is 1. The van der Waals surface area contributed by atoms with Crippen LogP contribution in [0, 0.1) is 17.7 Å². The Balaban J connectivity index is 1.63. The normalized spacial score (nSPS) is 24.9. The van der Waals surface area contributed by atoms with E-state index in [4.69, 9.17) is 0 Å². The van der Waals surface area contributed by atoms with Crippen LogP contribution in [-0.4, -0.2) is 33.2 Å². The van der Waals surface area contributed by atoms with E-state index in [1.165, 1.54) is 6.07 Å². The number of hydrogen-bond acceptors (Lipinski definition) is 3. The molecule has 1 saturated carbocycles. The smallest absolute Gasteiger partial charge is 0.257 e. The number of aliphatic hydroxyl groups is 1. The van der Waals surface area contributed by atoms with Gasteiger partial charge in [-0.05, 0) is 63.0 Å². The van der Waals surface area contributed by atoms with Crippen molar-refractivity contribution in [2.45, 2.75) is 51.7 Å². The Morgan fingerprint density at radius 3 is 2.52 bits per heavy atom. The lowest BCUT2D eigenvalue weighted by molar-refractivity contribution is -0.00801. The molecule has 2 aliphatic rings. The van der Waals surface area contributed by atoms with Crippen molar-refractivity contribution in [3.05, 3.63) is 29.1 Å². The number of fused-ring (bicyclic) bond motifs is 1. The average Bonchev–Trinajstić information content (AvgIpc) is 2.80. The molecule has 0 saturated heterocycles. The predicted octanol–water partition coefficient (Wildman–Crippen LogP) is 3.06. The minimum atomic E-state index is -0.805. The third-order valence-electron chi connectivity index (χ3n) is 5.39. The number of hydrogen-bond donors (Lipinski definition) is 2. The number of halogens is 1. The van der Waals surface area contributed by atoms with Crippen LogP contribution in [0.15, 0.2) is 12.1 Å². The lowest BCUT2D eigenvalue weighted by atomic mass is 9.75. The standard InChI is InChI=1S/C18H24FNO3/c1-18(2,23)13-6-3-11(4-7-13)9-20-10-12-5-8-14(21)16(19)15(12)17(20)22/h5,8,11,13,21,23H,3-4,6-7,9-10H2,1-2H3. The fraction of sp³-hybridized carbons (Fsp3) is 0.611. The number of benzene rings is 1. The summed E-state index contributed by atoms with van der Waals surface area (Å²) in [5, 5.41) is 19.5. The fourth-order valence-electron chi connectivity index (χ4n) is 3.91. The summed E-state index contributed by atoms with van der Waals surface area (Å²) in [6, 6.07) is 2.93. The molecule has 1 aromatic rings. The number of phenolic OH excluding ortho intramolecular Hbond substituents is 1. The molecule has 1 fully saturated rings. The predicted molar refractivity (Wildman–Crippen MR) is 84.6 cm³/mol. The highest BCUT2D eigenvalue weighted by Crippen LogP contribution is 2.37. The Morgan fingerprint density at radius 1 is 1.26 bits per heavy atom. The van der Waals surface area contributed by atoms with E-state index in [0.717, 1.165) is 25.7 Å². The molecule has 0 radical (unpaired) electrons. The van der Waals surface area contributed by atoms with E-state index in [9.17, 15) is 19.4 Å². The quantitative estimate of drug-likeness (QED) is 0.899. The second-order valence-corrected chi connectivity index (χ2v) is 7.49. The third-order valence-corrected chi connectivity index (χ3v) is 5.39. The summed E-state index contributed by atoms with van der Waals surface area (Å²) in [4.78, 5) is 14.1. The molecule has 1 aliphatic carbocycles. The number of phenols is 1. The van der Waals surface area contributed by atoms with Crippen LogP contribution in [0.3, 0.4) is 0 Å². The summed E-state index contributed by atoms with van der Waals surface area (Å²) < 4.78 is 14.0. The van der Waals surface area contributed by atoms with Crippen molar-refractivity contribution in [2.75, 3.05) is 6.54 Å². The van der Waals surface area contributed by atoms with Crippen molar-refractivity contribution in [2.24, 2.45) is 11.8 Å². The topological polar surface area (TPSA) is 60.8 Å². The zero-order valence-corrected chi connectivity index (χ0v) is 13.7. The van der Waals surface area contributed by atoms with Gasteiger partial charge in [-0.15, -0.1) is 0 Å². The second kappa shape index (κ2) is 5.78. The van der Waals surface area contributed by atoms with Crippen LogP contribution >= 0.6 is 0 Å². The second-order valence-electron chi connectivity index (χ2n) is 7.49. The number of carbonyl (C=O) groups is 1. The lowest BCUT2D eigenvalue weighted by Crippen LogP contribution is -2.37. The number of aromatic hydroxyl groups is 1. The zero-order valence-electron chi connectivity index (χ0n) is 13.7. The number of rotatable bonds is 3. The summed E-state index contributed by atoms with van der Waals surface area (Å²) in [6.07, 6.45) is 3.86. The Hall–Kier alpha value is -1.62. The van der Waals surface area contributed by atoms with Crippen molar-refractivity contribution < 1.29 is 19.4 Å². The van der Waals surface area contributed by atoms with E-state index in [0.29, 0.717) is 30.5 Å². The van der Waals surface area contributed by atoms with Gasteiger partial charge >= 0.3 is 0 Å². The summed E-state index contributed by atoms with van der Waals surface area (Å²) in [5.41, 5.74) is 0.0244. The molecule has 1 aliphatic heterocycles. The zero-order chi connectivity index (χ0) is 16.8. The summed E-state index contributed by atoms with van der Waals surface area (Å²) in [6.45, 7) is 4.74. The van der Waals surface area contributed by atoms with Crippen molar-refractivity contribution in [1.82, 2.24) is 4.90 Å². The van der Waals surface area contributed by atoms with Gasteiger partial charge < -0.3 is 15.1 Å². The van der Waals surface area contributed by atoms with Crippen LogP contribution in [0.25, 0.3) is 0 Å². The van der Waals surface area contributed by atoms with Gasteiger partial charge in [-0.3, -0.25) is 4.79 Å². The maximum atomic E-state index is 14.0. The van der Waals surface area contributed by atoms with Crippen LogP contribution < -0.4 is 0 Å². The fourth-order valence-corrected chi connectivity index (χ4v) is 3.91. The molecular weight excluding hydrogens is 297 g/mol. The Kier molecular flexibility index (Phi) is 4.08. The molecule has 23 heavy (non-hydrogen) atoms. The largest absolute Gasteiger partial charge is 0.505 e. The minimum absolute atomic E-state index is 0.0233. The van der Waals surface area contributed by atoms with Gasteiger partial charge in [0.05, 0.1) is 11.2 Å². The molecule has 126 valence electrons. The first-order valence-electron chi connectivity index (χ1n) is 8.29. The SMILES string of the molecule is CC(C)(O)C1CCC(CN2Cc3ccc(O)c(F)c3C2=O)CC1. The number of amides is 1. The van der Waals surface area contributed by atoms with Gasteiger partial charge in [0.25, 0.3) is 5.91 Å². The van der Waals surface area contributed by atoms with Crippen LogP contribution in [0.1, 0.15) is 55.5 Å². The summed E-state index contributed by atoms with van der Waals surface area (Å²) in [5.74, 6) is -0.897. The van der Waals surface area contributed by atoms with Gasteiger partial charge in [-0.25, -0.2) is 4.39 Å². The van der Waals surface area contributed by atoms with Crippen LogP contribution in [0.4, 0.5) is 4.39 Å². The van der Waals surface area contributed by atoms with E-state index in [1.807, 2.05) is 13.8 Å². The first-order valence-corrected chi connectivity index (χ1v) is 8.29. The van der Waals surface area contributed by atoms with Crippen LogP contribution in [0.2, 0.25) is 0 Å². The average molecular weight is 321 g/mol. The minimum Gasteiger partial charge on any atom is -0.505 e. The monoisotopic (exact) mass is 321 g/mol. The van der Waals surface area contributed by atoms with Crippen LogP contribution in [0.5, 0.6) is 5.75 Å². The first kappa shape index (κ1) is 16.2. The highest BCUT2D eigenvalue weighted by molar-refractivity contribution is 5.99. The first-order chi connectivity index (χ1) is 10.8. The third kappa shape index (κ3) is 3.07. The van der Waals surface area contributed by atoms with E-state index >= 15 is 0 Å². The maximum Gasteiger partial charge on any atom is 0.257 e. The maximum absolute atomic E-state index is 14.0. The van der Waals surface area contributed by atoms with E-state index < -0.39 is 17.2 Å².